The van der Waals surface area contributed by atoms with Crippen molar-refractivity contribution in [3.63, 3.8) is 0 Å². The second kappa shape index (κ2) is 4.56. The Balaban J connectivity index is 1.80. The Labute approximate surface area is 105 Å². The molecule has 5 nitrogen and oxygen atoms in total. The van der Waals surface area contributed by atoms with E-state index in [1.165, 1.54) is 0 Å². The Bertz CT molecular complexity index is 530. The number of nitrogens with one attached hydrogen (secondary N) is 2. The van der Waals surface area contributed by atoms with Crippen LogP contribution in [0.5, 0.6) is 0 Å². The van der Waals surface area contributed by atoms with Crippen LogP contribution in [0.4, 0.5) is 17.1 Å². The zero-order valence-electron chi connectivity index (χ0n) is 9.14. The van der Waals surface area contributed by atoms with E-state index in [0.29, 0.717) is 0 Å². The topological polar surface area (TPSA) is 65.8 Å². The molecule has 0 unspecified atom stereocenters. The molecule has 88 valence electrons. The SMILES string of the molecule is O=C(Nc1cccc2c1N=[Se]=N2)[C@H]1CCCN1. The molecule has 0 saturated carbocycles. The van der Waals surface area contributed by atoms with Crippen molar-refractivity contribution >= 4 is 37.5 Å². The quantitative estimate of drug-likeness (QED) is 0.829. The summed E-state index contributed by atoms with van der Waals surface area (Å²) in [5.41, 5.74) is 2.50. The maximum atomic E-state index is 12.0. The van der Waals surface area contributed by atoms with E-state index in [1.807, 2.05) is 18.2 Å². The molecule has 0 bridgehead atoms. The van der Waals surface area contributed by atoms with Crippen LogP contribution in [0.15, 0.2) is 26.1 Å². The molecule has 2 aliphatic heterocycles. The van der Waals surface area contributed by atoms with Gasteiger partial charge < -0.3 is 0 Å². The summed E-state index contributed by atoms with van der Waals surface area (Å²) in [5.74, 6) is 0.0329. The van der Waals surface area contributed by atoms with Gasteiger partial charge in [0.05, 0.1) is 0 Å². The third kappa shape index (κ3) is 2.11. The predicted molar refractivity (Wildman–Crippen MR) is 66.0 cm³/mol. The van der Waals surface area contributed by atoms with Gasteiger partial charge in [-0.15, -0.1) is 0 Å². The first-order chi connectivity index (χ1) is 8.34. The number of hydrogen-bond acceptors (Lipinski definition) is 4. The van der Waals surface area contributed by atoms with E-state index in [4.69, 9.17) is 0 Å². The second-order valence-electron chi connectivity index (χ2n) is 4.08. The second-order valence-corrected chi connectivity index (χ2v) is 5.18. The van der Waals surface area contributed by atoms with Crippen molar-refractivity contribution in [2.45, 2.75) is 18.9 Å². The Morgan fingerprint density at radius 1 is 1.47 bits per heavy atom. The number of hydrogen-bond donors (Lipinski definition) is 2. The number of carbonyl (C=O) groups excluding carboxylic acids is 1. The minimum absolute atomic E-state index is 0.0329. The Hall–Kier alpha value is -1.23. The molecule has 0 spiro atoms. The number of rotatable bonds is 2. The van der Waals surface area contributed by atoms with Crippen LogP contribution in [-0.4, -0.2) is 33.1 Å². The summed E-state index contributed by atoms with van der Waals surface area (Å²) in [5, 5.41) is 6.12. The first-order valence-electron chi connectivity index (χ1n) is 5.60. The zero-order valence-corrected chi connectivity index (χ0v) is 10.9. The average molecular weight is 295 g/mol. The molecule has 1 fully saturated rings. The van der Waals surface area contributed by atoms with Gasteiger partial charge in [0.25, 0.3) is 0 Å². The van der Waals surface area contributed by atoms with E-state index in [0.717, 1.165) is 36.4 Å². The van der Waals surface area contributed by atoms with Gasteiger partial charge in [0.1, 0.15) is 0 Å². The van der Waals surface area contributed by atoms with Crippen molar-refractivity contribution < 1.29 is 4.79 Å². The van der Waals surface area contributed by atoms with Crippen LogP contribution < -0.4 is 10.6 Å². The summed E-state index contributed by atoms with van der Waals surface area (Å²) in [4.78, 5) is 12.0. The van der Waals surface area contributed by atoms with E-state index < -0.39 is 0 Å². The Kier molecular flexibility index (Phi) is 2.92. The molecule has 2 aliphatic rings. The summed E-state index contributed by atoms with van der Waals surface area (Å²) >= 11 is -0.0607. The minimum atomic E-state index is -0.0607. The van der Waals surface area contributed by atoms with Crippen LogP contribution in [0.25, 0.3) is 0 Å². The first kappa shape index (κ1) is 10.9. The van der Waals surface area contributed by atoms with Gasteiger partial charge in [0, 0.05) is 0 Å². The van der Waals surface area contributed by atoms with Gasteiger partial charge >= 0.3 is 105 Å². The zero-order chi connectivity index (χ0) is 11.7. The number of carbonyl (C=O) groups is 1. The van der Waals surface area contributed by atoms with Gasteiger partial charge in [-0.25, -0.2) is 0 Å². The van der Waals surface area contributed by atoms with Crippen LogP contribution >= 0.6 is 0 Å². The van der Waals surface area contributed by atoms with Crippen molar-refractivity contribution in [1.82, 2.24) is 5.32 Å². The fourth-order valence-corrected chi connectivity index (χ4v) is 3.19. The van der Waals surface area contributed by atoms with Crippen LogP contribution in [0, 0.1) is 0 Å². The van der Waals surface area contributed by atoms with Crippen LogP contribution in [0.2, 0.25) is 0 Å². The molecule has 1 aromatic rings. The van der Waals surface area contributed by atoms with E-state index >= 15 is 0 Å². The van der Waals surface area contributed by atoms with Crippen LogP contribution in [0.3, 0.4) is 0 Å². The Morgan fingerprint density at radius 2 is 2.41 bits per heavy atom. The van der Waals surface area contributed by atoms with Crippen molar-refractivity contribution in [2.24, 2.45) is 7.92 Å². The molecule has 1 amide bonds. The molecule has 1 aromatic carbocycles. The van der Waals surface area contributed by atoms with Crippen molar-refractivity contribution in [3.8, 4) is 0 Å². The van der Waals surface area contributed by atoms with Gasteiger partial charge in [-0.1, -0.05) is 0 Å². The van der Waals surface area contributed by atoms with Gasteiger partial charge in [-0.05, 0) is 0 Å². The van der Waals surface area contributed by atoms with E-state index in [1.54, 1.807) is 0 Å². The number of nitrogens with zero attached hydrogens (tertiary/aromatic N) is 2. The summed E-state index contributed by atoms with van der Waals surface area (Å²) < 4.78 is 8.63. The molecule has 2 N–H and O–H groups in total. The third-order valence-corrected chi connectivity index (χ3v) is 4.06. The predicted octanol–water partition coefficient (Wildman–Crippen LogP) is 1.73. The standard InChI is InChI=1S/C11H12N4OSe/c16-11(9-5-2-6-12-9)13-7-3-1-4-8-10(7)15-17-14-8/h1,3-4,9,12H,2,5-6H2,(H,13,16)/t9-/m1/s1. The third-order valence-electron chi connectivity index (χ3n) is 2.92. The number of fused-ring (bicyclic) bond motifs is 1. The molecule has 2 heterocycles. The van der Waals surface area contributed by atoms with Gasteiger partial charge in [0.15, 0.2) is 0 Å². The molecular weight excluding hydrogens is 283 g/mol. The maximum absolute atomic E-state index is 12.0. The van der Waals surface area contributed by atoms with Gasteiger partial charge in [-0.3, -0.25) is 0 Å². The summed E-state index contributed by atoms with van der Waals surface area (Å²) in [6.07, 6.45) is 1.97. The average Bonchev–Trinajstić information content (AvgIpc) is 3.00. The van der Waals surface area contributed by atoms with Crippen LogP contribution in [0.1, 0.15) is 12.8 Å². The summed E-state index contributed by atoms with van der Waals surface area (Å²) in [6.45, 7) is 0.924. The number of anilines is 1. The first-order valence-corrected chi connectivity index (χ1v) is 7.13. The molecule has 3 rings (SSSR count). The molecule has 1 saturated heterocycles. The van der Waals surface area contributed by atoms with Crippen molar-refractivity contribution in [1.29, 1.82) is 0 Å². The van der Waals surface area contributed by atoms with E-state index in [9.17, 15) is 4.79 Å². The molecule has 0 aliphatic carbocycles. The van der Waals surface area contributed by atoms with Gasteiger partial charge in [0.2, 0.25) is 0 Å². The summed E-state index contributed by atoms with van der Waals surface area (Å²) in [7, 11) is 0. The van der Waals surface area contributed by atoms with Crippen molar-refractivity contribution in [2.75, 3.05) is 11.9 Å². The molecule has 17 heavy (non-hydrogen) atoms. The van der Waals surface area contributed by atoms with E-state index in [-0.39, 0.29) is 26.5 Å². The molecule has 1 atom stereocenters. The molecule has 0 radical (unpaired) electrons. The molecule has 0 aromatic heterocycles. The molecule has 6 heteroatoms. The van der Waals surface area contributed by atoms with E-state index in [2.05, 4.69) is 18.6 Å². The molecular formula is C11H12N4OSe. The van der Waals surface area contributed by atoms with Crippen LogP contribution in [-0.2, 0) is 4.79 Å². The summed E-state index contributed by atoms with van der Waals surface area (Å²) in [6, 6.07) is 5.65. The van der Waals surface area contributed by atoms with Gasteiger partial charge in [-0.2, -0.15) is 0 Å². The number of benzene rings is 1. The van der Waals surface area contributed by atoms with Crippen molar-refractivity contribution in [3.05, 3.63) is 18.2 Å². The normalized spacial score (nSPS) is 21.1. The Morgan fingerprint density at radius 3 is 3.24 bits per heavy atom. The fraction of sp³-hybridized carbons (Fsp3) is 0.364. The fourth-order valence-electron chi connectivity index (χ4n) is 2.04. The number of amides is 1. The monoisotopic (exact) mass is 296 g/mol.